The largest absolute Gasteiger partial charge is 0.304 e. The third-order valence-corrected chi connectivity index (χ3v) is 1.94. The van der Waals surface area contributed by atoms with E-state index in [2.05, 4.69) is 17.6 Å². The lowest BCUT2D eigenvalue weighted by atomic mass is 10.3. The van der Waals surface area contributed by atoms with Gasteiger partial charge in [-0.25, -0.2) is 9.10 Å². The number of hydrogen-bond acceptors (Lipinski definition) is 8. The highest BCUT2D eigenvalue weighted by molar-refractivity contribution is 7.79. The Morgan fingerprint density at radius 1 is 1.12 bits per heavy atom. The Morgan fingerprint density at radius 2 is 1.69 bits per heavy atom. The zero-order valence-electron chi connectivity index (χ0n) is 8.50. The summed E-state index contributed by atoms with van der Waals surface area (Å²) in [5.74, 6) is -1.92. The lowest BCUT2D eigenvalue weighted by Crippen LogP contribution is -2.25. The first kappa shape index (κ1) is 15.5. The fourth-order valence-corrected chi connectivity index (χ4v) is 0.939. The number of Topliss-reactive ketones (excluding diaryl/α,β-unsaturated/α-hetero) is 2. The van der Waals surface area contributed by atoms with Crippen LogP contribution in [0.3, 0.4) is 0 Å². The summed E-state index contributed by atoms with van der Waals surface area (Å²) < 4.78 is 33.5. The molecule has 0 saturated heterocycles. The zero-order chi connectivity index (χ0) is 12.6. The van der Waals surface area contributed by atoms with E-state index in [0.29, 0.717) is 0 Å². The van der Waals surface area contributed by atoms with Gasteiger partial charge in [0.15, 0.2) is 11.1 Å². The van der Waals surface area contributed by atoms with Crippen LogP contribution in [-0.4, -0.2) is 46.6 Å². The Bertz CT molecular complexity index is 301. The maximum atomic E-state index is 11.0. The van der Waals surface area contributed by atoms with Gasteiger partial charge in [0.1, 0.15) is 13.2 Å². The highest BCUT2D eigenvalue weighted by Gasteiger charge is 2.16. The molecule has 0 aliphatic heterocycles. The fourth-order valence-electron chi connectivity index (χ4n) is 0.456. The van der Waals surface area contributed by atoms with Crippen LogP contribution in [0.4, 0.5) is 0 Å². The Hall–Kier alpha value is -0.520. The predicted octanol–water partition coefficient (Wildman–Crippen LogP) is -1.39. The molecule has 0 unspecified atom stereocenters. The van der Waals surface area contributed by atoms with E-state index in [4.69, 9.17) is 0 Å². The normalized spacial score (nSPS) is 14.4. The standard InChI is InChI=1S/C6H10O8S2/c1-11-16(10)13-4-6(8)5(7)3-12-14-15(2)9/h3-4H2,1-2H3/t15-,16-/m1/s1. The Labute approximate surface area is 96.6 Å². The van der Waals surface area contributed by atoms with E-state index in [1.54, 1.807) is 0 Å². The summed E-state index contributed by atoms with van der Waals surface area (Å²) >= 11 is -3.76. The van der Waals surface area contributed by atoms with Crippen molar-refractivity contribution in [3.8, 4) is 0 Å². The molecule has 94 valence electrons. The van der Waals surface area contributed by atoms with Gasteiger partial charge in [0.25, 0.3) is 0 Å². The number of carbonyl (C=O) groups excluding carboxylic acids is 2. The highest BCUT2D eigenvalue weighted by Crippen LogP contribution is 1.90. The first-order chi connectivity index (χ1) is 7.47. The average Bonchev–Trinajstić information content (AvgIpc) is 2.24. The second kappa shape index (κ2) is 8.61. The summed E-state index contributed by atoms with van der Waals surface area (Å²) in [6.07, 6.45) is 1.18. The number of ketones is 2. The monoisotopic (exact) mass is 274 g/mol. The molecule has 0 amide bonds. The first-order valence-electron chi connectivity index (χ1n) is 3.76. The molecule has 0 fully saturated rings. The van der Waals surface area contributed by atoms with Gasteiger partial charge < -0.3 is 0 Å². The van der Waals surface area contributed by atoms with Crippen molar-refractivity contribution in [2.24, 2.45) is 0 Å². The third-order valence-electron chi connectivity index (χ3n) is 1.07. The van der Waals surface area contributed by atoms with Crippen molar-refractivity contribution in [1.29, 1.82) is 0 Å². The molecular formula is C6H10O8S2. The average molecular weight is 274 g/mol. The van der Waals surface area contributed by atoms with Gasteiger partial charge in [-0.05, 0) is 0 Å². The van der Waals surface area contributed by atoms with Gasteiger partial charge in [-0.1, -0.05) is 0 Å². The summed E-state index contributed by atoms with van der Waals surface area (Å²) in [4.78, 5) is 26.1. The van der Waals surface area contributed by atoms with Crippen LogP contribution in [0.25, 0.3) is 0 Å². The molecule has 0 bridgehead atoms. The molecule has 0 radical (unpaired) electrons. The first-order valence-corrected chi connectivity index (χ1v) is 6.24. The van der Waals surface area contributed by atoms with Crippen molar-refractivity contribution in [3.63, 3.8) is 0 Å². The minimum Gasteiger partial charge on any atom is -0.288 e. The number of rotatable bonds is 9. The summed E-state index contributed by atoms with van der Waals surface area (Å²) in [5, 5.41) is 0. The molecule has 0 aliphatic carbocycles. The smallest absolute Gasteiger partial charge is 0.288 e. The maximum Gasteiger partial charge on any atom is 0.304 e. The molecule has 0 spiro atoms. The van der Waals surface area contributed by atoms with E-state index in [1.807, 2.05) is 0 Å². The Kier molecular flexibility index (Phi) is 8.33. The van der Waals surface area contributed by atoms with Crippen molar-refractivity contribution in [1.82, 2.24) is 0 Å². The summed E-state index contributed by atoms with van der Waals surface area (Å²) in [6.45, 7) is -1.39. The van der Waals surface area contributed by atoms with E-state index in [0.717, 1.165) is 7.11 Å². The van der Waals surface area contributed by atoms with E-state index >= 15 is 0 Å². The number of hydrogen-bond donors (Lipinski definition) is 0. The molecule has 0 aliphatic rings. The van der Waals surface area contributed by atoms with Gasteiger partial charge in [-0.3, -0.25) is 18.0 Å². The Morgan fingerprint density at radius 3 is 2.19 bits per heavy atom. The van der Waals surface area contributed by atoms with Crippen molar-refractivity contribution < 1.29 is 35.6 Å². The van der Waals surface area contributed by atoms with Crippen molar-refractivity contribution in [2.75, 3.05) is 26.6 Å². The van der Waals surface area contributed by atoms with Gasteiger partial charge in [0.2, 0.25) is 11.6 Å². The molecule has 0 aromatic heterocycles. The second-order valence-corrected chi connectivity index (χ2v) is 4.13. The molecule has 0 aromatic rings. The second-order valence-electron chi connectivity index (χ2n) is 2.21. The number of carbonyl (C=O) groups is 2. The summed E-state index contributed by atoms with van der Waals surface area (Å²) in [7, 11) is 1.11. The highest BCUT2D eigenvalue weighted by atomic mass is 32.2. The molecule has 10 heteroatoms. The van der Waals surface area contributed by atoms with Gasteiger partial charge in [0, 0.05) is 6.26 Å². The minimum absolute atomic E-state index is 0.693. The van der Waals surface area contributed by atoms with Crippen LogP contribution in [0.15, 0.2) is 0 Å². The Balaban J connectivity index is 3.78. The van der Waals surface area contributed by atoms with E-state index in [-0.39, 0.29) is 0 Å². The molecule has 0 aromatic carbocycles. The predicted molar refractivity (Wildman–Crippen MR) is 52.2 cm³/mol. The van der Waals surface area contributed by atoms with Gasteiger partial charge in [-0.2, -0.15) is 4.21 Å². The lowest BCUT2D eigenvalue weighted by molar-refractivity contribution is -0.197. The third kappa shape index (κ3) is 7.73. The molecule has 0 rings (SSSR count). The molecule has 0 heterocycles. The molecule has 8 nitrogen and oxygen atoms in total. The summed E-state index contributed by atoms with van der Waals surface area (Å²) in [5.41, 5.74) is 0. The van der Waals surface area contributed by atoms with E-state index in [9.17, 15) is 18.0 Å². The van der Waals surface area contributed by atoms with Gasteiger partial charge in [0.05, 0.1) is 7.11 Å². The van der Waals surface area contributed by atoms with Crippen LogP contribution in [0.5, 0.6) is 0 Å². The van der Waals surface area contributed by atoms with Gasteiger partial charge in [-0.15, -0.1) is 4.33 Å². The SMILES string of the molecule is CO[S@@](=O)OCC(=O)C(=O)COO[S@](C)=O. The van der Waals surface area contributed by atoms with Crippen LogP contribution in [0, 0.1) is 0 Å². The molecule has 0 saturated carbocycles. The van der Waals surface area contributed by atoms with Crippen LogP contribution < -0.4 is 0 Å². The minimum atomic E-state index is -2.07. The van der Waals surface area contributed by atoms with E-state index in [1.165, 1.54) is 6.26 Å². The fraction of sp³-hybridized carbons (Fsp3) is 0.667. The van der Waals surface area contributed by atoms with Crippen LogP contribution in [-0.2, 0) is 49.6 Å². The molecule has 16 heavy (non-hydrogen) atoms. The van der Waals surface area contributed by atoms with Gasteiger partial charge >= 0.3 is 11.4 Å². The van der Waals surface area contributed by atoms with Crippen LogP contribution >= 0.6 is 0 Å². The lowest BCUT2D eigenvalue weighted by Gasteiger charge is -2.00. The summed E-state index contributed by atoms with van der Waals surface area (Å²) in [6, 6.07) is 0. The van der Waals surface area contributed by atoms with Crippen LogP contribution in [0.2, 0.25) is 0 Å². The quantitative estimate of drug-likeness (QED) is 0.287. The molecule has 2 atom stereocenters. The van der Waals surface area contributed by atoms with E-state index < -0.39 is 47.2 Å². The molecular weight excluding hydrogens is 264 g/mol. The maximum absolute atomic E-state index is 11.0. The molecule has 0 N–H and O–H groups in total. The van der Waals surface area contributed by atoms with Crippen molar-refractivity contribution in [2.45, 2.75) is 0 Å². The topological polar surface area (TPSA) is 105 Å². The van der Waals surface area contributed by atoms with Crippen molar-refractivity contribution in [3.05, 3.63) is 0 Å². The van der Waals surface area contributed by atoms with Crippen LogP contribution in [0.1, 0.15) is 0 Å². The zero-order valence-corrected chi connectivity index (χ0v) is 10.1. The van der Waals surface area contributed by atoms with Crippen molar-refractivity contribution >= 4 is 34.0 Å².